The van der Waals surface area contributed by atoms with Crippen molar-refractivity contribution in [1.29, 1.82) is 0 Å². The molecule has 0 amide bonds. The fourth-order valence-electron chi connectivity index (χ4n) is 3.03. The Morgan fingerprint density at radius 3 is 2.47 bits per heavy atom. The van der Waals surface area contributed by atoms with Gasteiger partial charge in [-0.2, -0.15) is 0 Å². The maximum atomic E-state index is 5.91. The first-order chi connectivity index (χ1) is 9.29. The summed E-state index contributed by atoms with van der Waals surface area (Å²) in [5.74, 6) is 1.88. The summed E-state index contributed by atoms with van der Waals surface area (Å²) in [6.45, 7) is 4.47. The molecule has 0 saturated carbocycles. The van der Waals surface area contributed by atoms with E-state index in [1.54, 1.807) is 0 Å². The van der Waals surface area contributed by atoms with Gasteiger partial charge < -0.3 is 10.1 Å². The van der Waals surface area contributed by atoms with Crippen molar-refractivity contribution in [3.8, 4) is 5.75 Å². The first-order valence-electron chi connectivity index (χ1n) is 7.44. The summed E-state index contributed by atoms with van der Waals surface area (Å²) in [5.41, 5.74) is 1.45. The second-order valence-electron chi connectivity index (χ2n) is 6.00. The molecule has 19 heavy (non-hydrogen) atoms. The van der Waals surface area contributed by atoms with Crippen LogP contribution in [0.4, 0.5) is 0 Å². The topological polar surface area (TPSA) is 24.5 Å². The lowest BCUT2D eigenvalue weighted by Crippen LogP contribution is -2.51. The highest BCUT2D eigenvalue weighted by atomic mass is 16.5. The van der Waals surface area contributed by atoms with Gasteiger partial charge in [-0.1, -0.05) is 12.1 Å². The lowest BCUT2D eigenvalue weighted by molar-refractivity contribution is 0.0388. The number of rotatable bonds is 4. The summed E-state index contributed by atoms with van der Waals surface area (Å²) in [4.78, 5) is 2.27. The zero-order valence-corrected chi connectivity index (χ0v) is 11.8. The molecule has 3 nitrogen and oxygen atoms in total. The Bertz CT molecular complexity index is 392. The first-order valence-corrected chi connectivity index (χ1v) is 7.44. The molecule has 2 aliphatic heterocycles. The molecule has 2 aliphatic rings. The Morgan fingerprint density at radius 2 is 1.84 bits per heavy atom. The molecule has 0 bridgehead atoms. The summed E-state index contributed by atoms with van der Waals surface area (Å²) in [6, 6.07) is 8.74. The van der Waals surface area contributed by atoms with Crippen LogP contribution < -0.4 is 10.1 Å². The van der Waals surface area contributed by atoms with Crippen molar-refractivity contribution in [3.63, 3.8) is 0 Å². The highest BCUT2D eigenvalue weighted by Gasteiger charge is 2.24. The molecule has 0 spiro atoms. The average molecular weight is 260 g/mol. The molecule has 0 unspecified atom stereocenters. The number of likely N-dealkylation sites (N-methyl/N-ethyl adjacent to an activating group) is 1. The summed E-state index contributed by atoms with van der Waals surface area (Å²) < 4.78 is 5.91. The minimum atomic E-state index is 0.389. The molecule has 1 aromatic rings. The minimum absolute atomic E-state index is 0.389. The van der Waals surface area contributed by atoms with Gasteiger partial charge in [0.25, 0.3) is 0 Å². The van der Waals surface area contributed by atoms with Crippen molar-refractivity contribution in [2.24, 2.45) is 5.92 Å². The zero-order valence-electron chi connectivity index (χ0n) is 11.8. The largest absolute Gasteiger partial charge is 0.488 e. The fraction of sp³-hybridized carbons (Fsp3) is 0.625. The van der Waals surface area contributed by atoms with Gasteiger partial charge in [0.1, 0.15) is 11.9 Å². The standard InChI is InChI=1S/C16H24N2O/c1-18-11-16(12-18)19-15-4-2-13(3-5-15)10-14-6-8-17-9-7-14/h2-5,14,16-17H,6-12H2,1H3. The Balaban J connectivity index is 1.50. The Hall–Kier alpha value is -1.06. The SMILES string of the molecule is CN1CC(Oc2ccc(CC3CCNCC3)cc2)C1. The number of piperidine rings is 1. The molecule has 2 heterocycles. The molecule has 0 radical (unpaired) electrons. The average Bonchev–Trinajstić information content (AvgIpc) is 2.40. The Morgan fingerprint density at radius 1 is 1.16 bits per heavy atom. The van der Waals surface area contributed by atoms with Gasteiger partial charge in [0, 0.05) is 13.1 Å². The monoisotopic (exact) mass is 260 g/mol. The summed E-state index contributed by atoms with van der Waals surface area (Å²) >= 11 is 0. The molecule has 3 rings (SSSR count). The van der Waals surface area contributed by atoms with Crippen LogP contribution in [0.3, 0.4) is 0 Å². The molecule has 0 aromatic heterocycles. The maximum Gasteiger partial charge on any atom is 0.124 e. The number of ether oxygens (including phenoxy) is 1. The van der Waals surface area contributed by atoms with Crippen molar-refractivity contribution in [2.45, 2.75) is 25.4 Å². The number of hydrogen-bond donors (Lipinski definition) is 1. The third-order valence-electron chi connectivity index (χ3n) is 4.24. The van der Waals surface area contributed by atoms with Gasteiger partial charge in [-0.05, 0) is 63.0 Å². The predicted octanol–water partition coefficient (Wildman–Crippen LogP) is 1.92. The molecule has 0 aliphatic carbocycles. The normalized spacial score (nSPS) is 22.2. The van der Waals surface area contributed by atoms with Crippen LogP contribution in [0.25, 0.3) is 0 Å². The lowest BCUT2D eigenvalue weighted by Gasteiger charge is -2.36. The summed E-state index contributed by atoms with van der Waals surface area (Å²) in [6.07, 6.45) is 4.23. The lowest BCUT2D eigenvalue weighted by atomic mass is 9.91. The van der Waals surface area contributed by atoms with E-state index < -0.39 is 0 Å². The number of hydrogen-bond acceptors (Lipinski definition) is 3. The van der Waals surface area contributed by atoms with Gasteiger partial charge in [0.2, 0.25) is 0 Å². The van der Waals surface area contributed by atoms with E-state index in [9.17, 15) is 0 Å². The van der Waals surface area contributed by atoms with Crippen LogP contribution >= 0.6 is 0 Å². The highest BCUT2D eigenvalue weighted by Crippen LogP contribution is 2.21. The van der Waals surface area contributed by atoms with Crippen molar-refractivity contribution in [1.82, 2.24) is 10.2 Å². The molecule has 3 heteroatoms. The van der Waals surface area contributed by atoms with Gasteiger partial charge in [-0.15, -0.1) is 0 Å². The Kier molecular flexibility index (Phi) is 4.04. The van der Waals surface area contributed by atoms with E-state index in [1.807, 2.05) is 0 Å². The van der Waals surface area contributed by atoms with Crippen LogP contribution in [0.15, 0.2) is 24.3 Å². The van der Waals surface area contributed by atoms with E-state index in [1.165, 1.54) is 37.9 Å². The van der Waals surface area contributed by atoms with E-state index in [0.717, 1.165) is 24.8 Å². The summed E-state index contributed by atoms with van der Waals surface area (Å²) in [5, 5.41) is 3.42. The van der Waals surface area contributed by atoms with Crippen molar-refractivity contribution < 1.29 is 4.74 Å². The van der Waals surface area contributed by atoms with E-state index in [0.29, 0.717) is 6.10 Å². The van der Waals surface area contributed by atoms with Crippen molar-refractivity contribution in [2.75, 3.05) is 33.2 Å². The van der Waals surface area contributed by atoms with Crippen LogP contribution in [-0.2, 0) is 6.42 Å². The smallest absolute Gasteiger partial charge is 0.124 e. The zero-order chi connectivity index (χ0) is 13.1. The quantitative estimate of drug-likeness (QED) is 0.895. The van der Waals surface area contributed by atoms with E-state index in [-0.39, 0.29) is 0 Å². The third-order valence-corrected chi connectivity index (χ3v) is 4.24. The number of nitrogens with zero attached hydrogens (tertiary/aromatic N) is 1. The van der Waals surface area contributed by atoms with Crippen molar-refractivity contribution >= 4 is 0 Å². The second kappa shape index (κ2) is 5.93. The second-order valence-corrected chi connectivity index (χ2v) is 6.00. The molecule has 1 N–H and O–H groups in total. The van der Waals surface area contributed by atoms with Crippen LogP contribution in [-0.4, -0.2) is 44.2 Å². The molecule has 104 valence electrons. The van der Waals surface area contributed by atoms with Gasteiger partial charge in [0.05, 0.1) is 0 Å². The van der Waals surface area contributed by atoms with Crippen molar-refractivity contribution in [3.05, 3.63) is 29.8 Å². The van der Waals surface area contributed by atoms with Crippen LogP contribution in [0.1, 0.15) is 18.4 Å². The number of benzene rings is 1. The number of nitrogens with one attached hydrogen (secondary N) is 1. The Labute approximate surface area is 115 Å². The first kappa shape index (κ1) is 12.9. The molecule has 2 fully saturated rings. The van der Waals surface area contributed by atoms with Gasteiger partial charge in [-0.25, -0.2) is 0 Å². The van der Waals surface area contributed by atoms with Crippen LogP contribution in [0.2, 0.25) is 0 Å². The highest BCUT2D eigenvalue weighted by molar-refractivity contribution is 5.28. The molecule has 1 aromatic carbocycles. The van der Waals surface area contributed by atoms with Gasteiger partial charge in [-0.3, -0.25) is 4.90 Å². The molecule has 0 atom stereocenters. The molecular weight excluding hydrogens is 236 g/mol. The predicted molar refractivity (Wildman–Crippen MR) is 77.7 cm³/mol. The summed E-state index contributed by atoms with van der Waals surface area (Å²) in [7, 11) is 2.13. The van der Waals surface area contributed by atoms with Crippen LogP contribution in [0.5, 0.6) is 5.75 Å². The van der Waals surface area contributed by atoms with Crippen LogP contribution in [0, 0.1) is 5.92 Å². The molecule has 2 saturated heterocycles. The third kappa shape index (κ3) is 3.48. The van der Waals surface area contributed by atoms with Gasteiger partial charge >= 0.3 is 0 Å². The molecular formula is C16H24N2O. The minimum Gasteiger partial charge on any atom is -0.488 e. The van der Waals surface area contributed by atoms with E-state index >= 15 is 0 Å². The number of likely N-dealkylation sites (tertiary alicyclic amines) is 1. The van der Waals surface area contributed by atoms with Gasteiger partial charge in [0.15, 0.2) is 0 Å². The maximum absolute atomic E-state index is 5.91. The fourth-order valence-corrected chi connectivity index (χ4v) is 3.03. The van der Waals surface area contributed by atoms with E-state index in [2.05, 4.69) is 41.5 Å². The van der Waals surface area contributed by atoms with E-state index in [4.69, 9.17) is 4.74 Å².